The van der Waals surface area contributed by atoms with Crippen LogP contribution in [0.1, 0.15) is 32.1 Å². The van der Waals surface area contributed by atoms with Crippen LogP contribution >= 0.6 is 0 Å². The van der Waals surface area contributed by atoms with Crippen LogP contribution in [0.2, 0.25) is 0 Å². The van der Waals surface area contributed by atoms with E-state index in [1.807, 2.05) is 0 Å². The van der Waals surface area contributed by atoms with Gasteiger partial charge in [-0.1, -0.05) is 0 Å². The van der Waals surface area contributed by atoms with Crippen LogP contribution in [0, 0.1) is 12.3 Å². The van der Waals surface area contributed by atoms with E-state index in [-0.39, 0.29) is 24.8 Å². The van der Waals surface area contributed by atoms with Gasteiger partial charge in [0.15, 0.2) is 0 Å². The highest BCUT2D eigenvalue weighted by molar-refractivity contribution is 5.88. The summed E-state index contributed by atoms with van der Waals surface area (Å²) < 4.78 is 0. The first kappa shape index (κ1) is 15.0. The van der Waals surface area contributed by atoms with Gasteiger partial charge in [-0.05, 0) is 19.3 Å². The number of nitrogens with zero attached hydrogens (tertiary/aromatic N) is 1. The molecule has 1 heterocycles. The third-order valence-corrected chi connectivity index (χ3v) is 3.02. The van der Waals surface area contributed by atoms with Crippen LogP contribution < -0.4 is 5.32 Å². The Balaban J connectivity index is 2.33. The average Bonchev–Trinajstić information content (AvgIpc) is 2.85. The Morgan fingerprint density at radius 2 is 2.16 bits per heavy atom. The summed E-state index contributed by atoms with van der Waals surface area (Å²) in [6.07, 6.45) is 7.60. The van der Waals surface area contributed by atoms with E-state index < -0.39 is 12.0 Å². The fourth-order valence-electron chi connectivity index (χ4n) is 2.04. The van der Waals surface area contributed by atoms with Gasteiger partial charge in [0.05, 0.1) is 6.54 Å². The van der Waals surface area contributed by atoms with Crippen molar-refractivity contribution in [1.82, 2.24) is 10.2 Å². The molecule has 0 aromatic rings. The SMILES string of the molecule is C#CCCCC(=O)NCC(=O)N1CCC[C@@H]1C(=O)O. The molecule has 1 saturated heterocycles. The molecule has 1 rings (SSSR count). The van der Waals surface area contributed by atoms with Crippen molar-refractivity contribution in [3.63, 3.8) is 0 Å². The van der Waals surface area contributed by atoms with Gasteiger partial charge < -0.3 is 15.3 Å². The second-order valence-electron chi connectivity index (χ2n) is 4.42. The van der Waals surface area contributed by atoms with Gasteiger partial charge in [-0.15, -0.1) is 12.3 Å². The number of likely N-dealkylation sites (tertiary alicyclic amines) is 1. The van der Waals surface area contributed by atoms with E-state index in [0.29, 0.717) is 32.2 Å². The van der Waals surface area contributed by atoms with Gasteiger partial charge >= 0.3 is 5.97 Å². The Morgan fingerprint density at radius 1 is 1.42 bits per heavy atom. The lowest BCUT2D eigenvalue weighted by Crippen LogP contribution is -2.45. The number of hydrogen-bond donors (Lipinski definition) is 2. The number of carboxylic acid groups (broad SMARTS) is 1. The molecule has 1 atom stereocenters. The quantitative estimate of drug-likeness (QED) is 0.522. The largest absolute Gasteiger partial charge is 0.480 e. The number of unbranched alkanes of at least 4 members (excludes halogenated alkanes) is 1. The van der Waals surface area contributed by atoms with Crippen molar-refractivity contribution in [2.24, 2.45) is 0 Å². The zero-order valence-corrected chi connectivity index (χ0v) is 10.7. The number of hydrogen-bond acceptors (Lipinski definition) is 3. The summed E-state index contributed by atoms with van der Waals surface area (Å²) in [6, 6.07) is -0.758. The fraction of sp³-hybridized carbons (Fsp3) is 0.615. The van der Waals surface area contributed by atoms with E-state index in [1.165, 1.54) is 4.90 Å². The predicted molar refractivity (Wildman–Crippen MR) is 68.1 cm³/mol. The number of carbonyl (C=O) groups is 3. The van der Waals surface area contributed by atoms with Crippen molar-refractivity contribution >= 4 is 17.8 Å². The van der Waals surface area contributed by atoms with Crippen LogP contribution in [-0.4, -0.2) is 46.9 Å². The maximum absolute atomic E-state index is 11.8. The summed E-state index contributed by atoms with van der Waals surface area (Å²) in [5.74, 6) is 0.844. The van der Waals surface area contributed by atoms with Crippen molar-refractivity contribution in [3.05, 3.63) is 0 Å². The third kappa shape index (κ3) is 4.62. The third-order valence-electron chi connectivity index (χ3n) is 3.02. The number of carbonyl (C=O) groups excluding carboxylic acids is 2. The zero-order valence-electron chi connectivity index (χ0n) is 10.7. The lowest BCUT2D eigenvalue weighted by Gasteiger charge is -2.21. The van der Waals surface area contributed by atoms with Crippen LogP contribution in [-0.2, 0) is 14.4 Å². The summed E-state index contributed by atoms with van der Waals surface area (Å²) in [6.45, 7) is 0.279. The summed E-state index contributed by atoms with van der Waals surface area (Å²) in [4.78, 5) is 35.4. The molecular formula is C13H18N2O4. The molecule has 1 aliphatic heterocycles. The fourth-order valence-corrected chi connectivity index (χ4v) is 2.04. The van der Waals surface area contributed by atoms with Gasteiger partial charge in [0, 0.05) is 19.4 Å². The first-order valence-corrected chi connectivity index (χ1v) is 6.28. The molecule has 0 aliphatic carbocycles. The number of rotatable bonds is 6. The van der Waals surface area contributed by atoms with Crippen LogP contribution in [0.5, 0.6) is 0 Å². The Hall–Kier alpha value is -2.03. The summed E-state index contributed by atoms with van der Waals surface area (Å²) in [5, 5.41) is 11.4. The van der Waals surface area contributed by atoms with Gasteiger partial charge in [-0.3, -0.25) is 9.59 Å². The molecule has 0 spiro atoms. The summed E-state index contributed by atoms with van der Waals surface area (Å²) >= 11 is 0. The molecule has 104 valence electrons. The lowest BCUT2D eigenvalue weighted by molar-refractivity contribution is -0.148. The van der Waals surface area contributed by atoms with Crippen molar-refractivity contribution < 1.29 is 19.5 Å². The van der Waals surface area contributed by atoms with E-state index in [4.69, 9.17) is 11.5 Å². The van der Waals surface area contributed by atoms with Gasteiger partial charge in [-0.2, -0.15) is 0 Å². The maximum Gasteiger partial charge on any atom is 0.326 e. The number of aliphatic carboxylic acids is 1. The zero-order chi connectivity index (χ0) is 14.3. The first-order valence-electron chi connectivity index (χ1n) is 6.28. The molecule has 0 aromatic carbocycles. The Bertz CT molecular complexity index is 400. The predicted octanol–water partition coefficient (Wildman–Crippen LogP) is -0.0183. The Labute approximate surface area is 112 Å². The number of terminal acetylenes is 1. The monoisotopic (exact) mass is 266 g/mol. The van der Waals surface area contributed by atoms with E-state index in [1.54, 1.807) is 0 Å². The van der Waals surface area contributed by atoms with E-state index >= 15 is 0 Å². The highest BCUT2D eigenvalue weighted by atomic mass is 16.4. The van der Waals surface area contributed by atoms with Crippen molar-refractivity contribution in [2.45, 2.75) is 38.1 Å². The molecule has 6 nitrogen and oxygen atoms in total. The lowest BCUT2D eigenvalue weighted by atomic mass is 10.2. The molecule has 2 amide bonds. The van der Waals surface area contributed by atoms with E-state index in [2.05, 4.69) is 11.2 Å². The summed E-state index contributed by atoms with van der Waals surface area (Å²) in [5.41, 5.74) is 0. The minimum absolute atomic E-state index is 0.154. The molecule has 6 heteroatoms. The second kappa shape index (κ2) is 7.41. The topological polar surface area (TPSA) is 86.7 Å². The molecular weight excluding hydrogens is 248 g/mol. The van der Waals surface area contributed by atoms with Crippen LogP contribution in [0.4, 0.5) is 0 Å². The average molecular weight is 266 g/mol. The Kier molecular flexibility index (Phi) is 5.86. The van der Waals surface area contributed by atoms with Gasteiger partial charge in [0.2, 0.25) is 11.8 Å². The van der Waals surface area contributed by atoms with Crippen LogP contribution in [0.25, 0.3) is 0 Å². The molecule has 0 radical (unpaired) electrons. The highest BCUT2D eigenvalue weighted by Gasteiger charge is 2.33. The number of amides is 2. The highest BCUT2D eigenvalue weighted by Crippen LogP contribution is 2.17. The standard InChI is InChI=1S/C13H18N2O4/c1-2-3-4-7-11(16)14-9-12(17)15-8-5-6-10(15)13(18)19/h1,10H,3-9H2,(H,14,16)(H,18,19)/t10-/m1/s1. The maximum atomic E-state index is 11.8. The van der Waals surface area contributed by atoms with Crippen LogP contribution in [0.3, 0.4) is 0 Å². The molecule has 1 aliphatic rings. The molecule has 2 N–H and O–H groups in total. The second-order valence-corrected chi connectivity index (χ2v) is 4.42. The van der Waals surface area contributed by atoms with E-state index in [9.17, 15) is 14.4 Å². The van der Waals surface area contributed by atoms with Crippen LogP contribution in [0.15, 0.2) is 0 Å². The Morgan fingerprint density at radius 3 is 2.79 bits per heavy atom. The molecule has 0 bridgehead atoms. The van der Waals surface area contributed by atoms with Crippen molar-refractivity contribution in [1.29, 1.82) is 0 Å². The van der Waals surface area contributed by atoms with Gasteiger partial charge in [-0.25, -0.2) is 4.79 Å². The molecule has 1 fully saturated rings. The van der Waals surface area contributed by atoms with Crippen molar-refractivity contribution in [2.75, 3.05) is 13.1 Å². The smallest absolute Gasteiger partial charge is 0.326 e. The van der Waals surface area contributed by atoms with Crippen molar-refractivity contribution in [3.8, 4) is 12.3 Å². The normalized spacial score (nSPS) is 17.8. The number of nitrogens with one attached hydrogen (secondary N) is 1. The minimum Gasteiger partial charge on any atom is -0.480 e. The van der Waals surface area contributed by atoms with Gasteiger partial charge in [0.1, 0.15) is 6.04 Å². The molecule has 0 aromatic heterocycles. The summed E-state index contributed by atoms with van der Waals surface area (Å²) in [7, 11) is 0. The van der Waals surface area contributed by atoms with Gasteiger partial charge in [0.25, 0.3) is 0 Å². The molecule has 0 unspecified atom stereocenters. The molecule has 19 heavy (non-hydrogen) atoms. The minimum atomic E-state index is -0.994. The number of carboxylic acids is 1. The molecule has 0 saturated carbocycles. The first-order chi connectivity index (χ1) is 9.06. The van der Waals surface area contributed by atoms with E-state index in [0.717, 1.165) is 0 Å².